The molecule has 3 rings (SSSR count). The maximum atomic E-state index is 13.2. The van der Waals surface area contributed by atoms with Gasteiger partial charge in [0.2, 0.25) is 5.91 Å². The van der Waals surface area contributed by atoms with Crippen LogP contribution < -0.4 is 5.73 Å². The minimum atomic E-state index is -4.49. The fraction of sp³-hybridized carbons (Fsp3) is 0.167. The molecule has 0 saturated heterocycles. The Morgan fingerprint density at radius 3 is 2.54 bits per heavy atom. The molecule has 0 bridgehead atoms. The van der Waals surface area contributed by atoms with Crippen LogP contribution in [-0.4, -0.2) is 25.9 Å². The van der Waals surface area contributed by atoms with Crippen LogP contribution in [0.15, 0.2) is 58.2 Å². The van der Waals surface area contributed by atoms with Crippen LogP contribution in [0, 0.1) is 0 Å². The number of carbonyl (C=O) groups excluding carboxylic acids is 1. The van der Waals surface area contributed by atoms with Crippen LogP contribution in [0.25, 0.3) is 17.1 Å². The minimum Gasteiger partial charge on any atom is -0.369 e. The number of hydrogen-bond acceptors (Lipinski definition) is 4. The summed E-state index contributed by atoms with van der Waals surface area (Å²) in [5, 5.41) is 7.87. The molecule has 1 heterocycles. The standard InChI is InChI=1S/C18H14BrF3N4OS/c1-10(15(23)27)28-17-25-24-16(13-7-2-3-8-14(13)19)26(17)12-6-4-5-11(9-12)18(20,21)22/h2-10H,1H3,(H2,23,27)/t10-/m1/s1. The van der Waals surface area contributed by atoms with Gasteiger partial charge in [-0.05, 0) is 31.2 Å². The van der Waals surface area contributed by atoms with Crippen molar-refractivity contribution in [2.24, 2.45) is 5.73 Å². The molecule has 0 saturated carbocycles. The third-order valence-electron chi connectivity index (χ3n) is 3.86. The number of thioether (sulfide) groups is 1. The summed E-state index contributed by atoms with van der Waals surface area (Å²) in [4.78, 5) is 11.5. The van der Waals surface area contributed by atoms with Crippen molar-refractivity contribution in [3.8, 4) is 17.1 Å². The van der Waals surface area contributed by atoms with Gasteiger partial charge in [-0.1, -0.05) is 52.0 Å². The van der Waals surface area contributed by atoms with E-state index in [-0.39, 0.29) is 10.8 Å². The zero-order chi connectivity index (χ0) is 20.5. The van der Waals surface area contributed by atoms with Crippen molar-refractivity contribution in [3.63, 3.8) is 0 Å². The van der Waals surface area contributed by atoms with Gasteiger partial charge < -0.3 is 5.73 Å². The number of amides is 1. The molecule has 1 atom stereocenters. The van der Waals surface area contributed by atoms with Crippen LogP contribution in [-0.2, 0) is 11.0 Å². The lowest BCUT2D eigenvalue weighted by molar-refractivity contribution is -0.137. The van der Waals surface area contributed by atoms with Gasteiger partial charge in [0.05, 0.1) is 16.5 Å². The molecule has 146 valence electrons. The third kappa shape index (κ3) is 4.22. The Morgan fingerprint density at radius 1 is 1.18 bits per heavy atom. The van der Waals surface area contributed by atoms with E-state index in [1.54, 1.807) is 25.1 Å². The van der Waals surface area contributed by atoms with Gasteiger partial charge in [-0.2, -0.15) is 13.2 Å². The predicted molar refractivity (Wildman–Crippen MR) is 104 cm³/mol. The number of primary amides is 1. The first kappa shape index (κ1) is 20.4. The number of aromatic nitrogens is 3. The predicted octanol–water partition coefficient (Wildman–Crippen LogP) is 4.68. The number of benzene rings is 2. The molecule has 3 aromatic rings. The van der Waals surface area contributed by atoms with E-state index in [1.807, 2.05) is 6.07 Å². The Morgan fingerprint density at radius 2 is 1.89 bits per heavy atom. The third-order valence-corrected chi connectivity index (χ3v) is 5.62. The largest absolute Gasteiger partial charge is 0.416 e. The van der Waals surface area contributed by atoms with Gasteiger partial charge in [-0.15, -0.1) is 10.2 Å². The van der Waals surface area contributed by atoms with E-state index in [1.165, 1.54) is 16.7 Å². The number of halogens is 4. The van der Waals surface area contributed by atoms with Gasteiger partial charge in [0.1, 0.15) is 0 Å². The van der Waals surface area contributed by atoms with E-state index < -0.39 is 22.9 Å². The second-order valence-electron chi connectivity index (χ2n) is 5.83. The first-order chi connectivity index (χ1) is 13.2. The van der Waals surface area contributed by atoms with E-state index in [9.17, 15) is 18.0 Å². The molecule has 0 radical (unpaired) electrons. The summed E-state index contributed by atoms with van der Waals surface area (Å²) in [6.45, 7) is 1.59. The Bertz CT molecular complexity index is 1020. The monoisotopic (exact) mass is 470 g/mol. The second kappa shape index (κ2) is 7.96. The van der Waals surface area contributed by atoms with Crippen molar-refractivity contribution in [1.29, 1.82) is 0 Å². The highest BCUT2D eigenvalue weighted by Gasteiger charge is 2.31. The molecule has 1 amide bonds. The Hall–Kier alpha value is -2.33. The van der Waals surface area contributed by atoms with Gasteiger partial charge in [0.25, 0.3) is 0 Å². The quantitative estimate of drug-likeness (QED) is 0.549. The van der Waals surface area contributed by atoms with Crippen molar-refractivity contribution in [1.82, 2.24) is 14.8 Å². The fourth-order valence-electron chi connectivity index (χ4n) is 2.43. The number of nitrogens with zero attached hydrogens (tertiary/aromatic N) is 3. The lowest BCUT2D eigenvalue weighted by Gasteiger charge is -2.14. The van der Waals surface area contributed by atoms with E-state index in [2.05, 4.69) is 26.1 Å². The maximum absolute atomic E-state index is 13.2. The number of rotatable bonds is 5. The molecule has 0 unspecified atom stereocenters. The van der Waals surface area contributed by atoms with Crippen molar-refractivity contribution in [2.45, 2.75) is 23.5 Å². The number of nitrogens with two attached hydrogens (primary N) is 1. The summed E-state index contributed by atoms with van der Waals surface area (Å²) in [7, 11) is 0. The first-order valence-corrected chi connectivity index (χ1v) is 9.69. The molecule has 2 N–H and O–H groups in total. The molecule has 0 spiro atoms. The minimum absolute atomic E-state index is 0.227. The Balaban J connectivity index is 2.20. The average Bonchev–Trinajstić information content (AvgIpc) is 3.04. The van der Waals surface area contributed by atoms with E-state index in [0.717, 1.165) is 23.9 Å². The summed E-state index contributed by atoms with van der Waals surface area (Å²) in [5.41, 5.74) is 5.40. The summed E-state index contributed by atoms with van der Waals surface area (Å²) in [6.07, 6.45) is -4.49. The molecule has 2 aromatic carbocycles. The molecule has 0 aliphatic heterocycles. The molecule has 1 aromatic heterocycles. The normalized spacial score (nSPS) is 12.8. The van der Waals surface area contributed by atoms with Crippen LogP contribution in [0.1, 0.15) is 12.5 Å². The van der Waals surface area contributed by atoms with E-state index in [0.29, 0.717) is 15.9 Å². The zero-order valence-electron chi connectivity index (χ0n) is 14.4. The number of carbonyl (C=O) groups is 1. The van der Waals surface area contributed by atoms with Gasteiger partial charge in [-0.3, -0.25) is 9.36 Å². The van der Waals surface area contributed by atoms with Gasteiger partial charge in [0.15, 0.2) is 11.0 Å². The van der Waals surface area contributed by atoms with Crippen LogP contribution in [0.2, 0.25) is 0 Å². The van der Waals surface area contributed by atoms with Crippen LogP contribution >= 0.6 is 27.7 Å². The molecule has 5 nitrogen and oxygen atoms in total. The molecular weight excluding hydrogens is 457 g/mol. The lowest BCUT2D eigenvalue weighted by atomic mass is 10.1. The lowest BCUT2D eigenvalue weighted by Crippen LogP contribution is -2.23. The van der Waals surface area contributed by atoms with Crippen LogP contribution in [0.4, 0.5) is 13.2 Å². The van der Waals surface area contributed by atoms with Crippen LogP contribution in [0.3, 0.4) is 0 Å². The van der Waals surface area contributed by atoms with Crippen molar-refractivity contribution in [2.75, 3.05) is 0 Å². The van der Waals surface area contributed by atoms with E-state index in [4.69, 9.17) is 5.73 Å². The van der Waals surface area contributed by atoms with E-state index >= 15 is 0 Å². The molecule has 28 heavy (non-hydrogen) atoms. The highest BCUT2D eigenvalue weighted by atomic mass is 79.9. The van der Waals surface area contributed by atoms with Crippen molar-refractivity contribution >= 4 is 33.6 Å². The average molecular weight is 471 g/mol. The summed E-state index contributed by atoms with van der Waals surface area (Å²) in [5.74, 6) is -0.225. The number of hydrogen-bond donors (Lipinski definition) is 1. The first-order valence-electron chi connectivity index (χ1n) is 8.02. The van der Waals surface area contributed by atoms with Crippen LogP contribution in [0.5, 0.6) is 0 Å². The summed E-state index contributed by atoms with van der Waals surface area (Å²) >= 11 is 4.45. The van der Waals surface area contributed by atoms with Crippen molar-refractivity contribution < 1.29 is 18.0 Å². The smallest absolute Gasteiger partial charge is 0.369 e. The molecular formula is C18H14BrF3N4OS. The molecule has 0 fully saturated rings. The fourth-order valence-corrected chi connectivity index (χ4v) is 3.71. The summed E-state index contributed by atoms with van der Waals surface area (Å²) in [6, 6.07) is 12.0. The highest BCUT2D eigenvalue weighted by Crippen LogP contribution is 2.35. The Kier molecular flexibility index (Phi) is 5.80. The topological polar surface area (TPSA) is 73.8 Å². The summed E-state index contributed by atoms with van der Waals surface area (Å²) < 4.78 is 41.8. The molecule has 10 heteroatoms. The van der Waals surface area contributed by atoms with Gasteiger partial charge >= 0.3 is 6.18 Å². The molecule has 0 aliphatic rings. The second-order valence-corrected chi connectivity index (χ2v) is 7.99. The maximum Gasteiger partial charge on any atom is 0.416 e. The van der Waals surface area contributed by atoms with Gasteiger partial charge in [-0.25, -0.2) is 0 Å². The SMILES string of the molecule is C[C@@H](Sc1nnc(-c2ccccc2Br)n1-c1cccc(C(F)(F)F)c1)C(N)=O. The molecule has 0 aliphatic carbocycles. The number of alkyl halides is 3. The van der Waals surface area contributed by atoms with Crippen molar-refractivity contribution in [3.05, 3.63) is 58.6 Å². The zero-order valence-corrected chi connectivity index (χ0v) is 16.8. The highest BCUT2D eigenvalue weighted by molar-refractivity contribution is 9.10. The van der Waals surface area contributed by atoms with Gasteiger partial charge in [0, 0.05) is 10.0 Å². The Labute approximate surface area is 171 Å².